The van der Waals surface area contributed by atoms with Crippen LogP contribution in [0.2, 0.25) is 10.0 Å². The normalized spacial score (nSPS) is 11.0. The van der Waals surface area contributed by atoms with Crippen LogP contribution in [0.25, 0.3) is 10.9 Å². The van der Waals surface area contributed by atoms with Gasteiger partial charge in [0.2, 0.25) is 0 Å². The Balaban J connectivity index is 2.11. The monoisotopic (exact) mass is 361 g/mol. The lowest BCUT2D eigenvalue weighted by molar-refractivity contribution is 0.0515. The van der Waals surface area contributed by atoms with E-state index in [9.17, 15) is 4.79 Å². The van der Waals surface area contributed by atoms with E-state index in [0.717, 1.165) is 22.0 Å². The first-order valence-corrected chi connectivity index (χ1v) is 8.46. The predicted molar refractivity (Wildman–Crippen MR) is 98.2 cm³/mol. The van der Waals surface area contributed by atoms with E-state index in [1.807, 2.05) is 41.8 Å². The number of fused-ring (bicyclic) bond motifs is 1. The third-order valence-electron chi connectivity index (χ3n) is 3.87. The average Bonchev–Trinajstić information content (AvgIpc) is 2.89. The molecule has 2 aromatic carbocycles. The van der Waals surface area contributed by atoms with Crippen LogP contribution in [0.3, 0.4) is 0 Å². The standard InChI is InChI=1S/C19H17Cl2NO2/c1-3-24-19(23)18-10-14-8-12(2)4-7-17(14)22(18)11-13-5-6-15(20)16(21)9-13/h4-10H,3,11H2,1-2H3. The SMILES string of the molecule is CCOC(=O)c1cc2cc(C)ccc2n1Cc1ccc(Cl)c(Cl)c1. The highest BCUT2D eigenvalue weighted by Gasteiger charge is 2.17. The minimum absolute atomic E-state index is 0.327. The van der Waals surface area contributed by atoms with E-state index in [4.69, 9.17) is 27.9 Å². The highest BCUT2D eigenvalue weighted by Crippen LogP contribution is 2.26. The molecule has 3 aromatic rings. The summed E-state index contributed by atoms with van der Waals surface area (Å²) in [6.45, 7) is 4.68. The Hall–Kier alpha value is -1.97. The van der Waals surface area contributed by atoms with E-state index >= 15 is 0 Å². The highest BCUT2D eigenvalue weighted by atomic mass is 35.5. The summed E-state index contributed by atoms with van der Waals surface area (Å²) in [5, 5.41) is 2.02. The van der Waals surface area contributed by atoms with Crippen molar-refractivity contribution in [1.29, 1.82) is 0 Å². The van der Waals surface area contributed by atoms with Crippen LogP contribution in [0.1, 0.15) is 28.5 Å². The van der Waals surface area contributed by atoms with Crippen molar-refractivity contribution in [3.63, 3.8) is 0 Å². The Labute approximate surface area is 150 Å². The molecule has 124 valence electrons. The molecule has 0 saturated heterocycles. The minimum atomic E-state index is -0.327. The molecule has 0 aliphatic carbocycles. The van der Waals surface area contributed by atoms with Crippen molar-refractivity contribution in [2.75, 3.05) is 6.61 Å². The molecule has 0 amide bonds. The Morgan fingerprint density at radius 2 is 1.88 bits per heavy atom. The van der Waals surface area contributed by atoms with Gasteiger partial charge in [0, 0.05) is 17.4 Å². The molecule has 0 bridgehead atoms. The molecular formula is C19H17Cl2NO2. The van der Waals surface area contributed by atoms with Crippen LogP contribution in [0.4, 0.5) is 0 Å². The van der Waals surface area contributed by atoms with Gasteiger partial charge in [-0.3, -0.25) is 0 Å². The third kappa shape index (κ3) is 3.28. The van der Waals surface area contributed by atoms with Gasteiger partial charge in [0.25, 0.3) is 0 Å². The van der Waals surface area contributed by atoms with Gasteiger partial charge in [0.1, 0.15) is 5.69 Å². The minimum Gasteiger partial charge on any atom is -0.461 e. The number of benzene rings is 2. The molecule has 1 aromatic heterocycles. The predicted octanol–water partition coefficient (Wildman–Crippen LogP) is 5.48. The van der Waals surface area contributed by atoms with Crippen molar-refractivity contribution in [3.05, 3.63) is 69.3 Å². The first kappa shape index (κ1) is 16.9. The zero-order chi connectivity index (χ0) is 17.3. The summed E-state index contributed by atoms with van der Waals surface area (Å²) in [7, 11) is 0. The molecule has 0 fully saturated rings. The van der Waals surface area contributed by atoms with Gasteiger partial charge in [-0.1, -0.05) is 40.9 Å². The molecule has 1 heterocycles. The summed E-state index contributed by atoms with van der Waals surface area (Å²) >= 11 is 12.1. The molecule has 0 atom stereocenters. The quantitative estimate of drug-likeness (QED) is 0.576. The fourth-order valence-corrected chi connectivity index (χ4v) is 3.08. The molecule has 3 rings (SSSR count). The van der Waals surface area contributed by atoms with Crippen molar-refractivity contribution in [2.24, 2.45) is 0 Å². The Morgan fingerprint density at radius 1 is 1.08 bits per heavy atom. The Bertz CT molecular complexity index is 915. The van der Waals surface area contributed by atoms with Crippen molar-refractivity contribution < 1.29 is 9.53 Å². The van der Waals surface area contributed by atoms with Gasteiger partial charge in [0.05, 0.1) is 16.7 Å². The first-order chi connectivity index (χ1) is 11.5. The highest BCUT2D eigenvalue weighted by molar-refractivity contribution is 6.42. The number of aromatic nitrogens is 1. The van der Waals surface area contributed by atoms with Crippen LogP contribution in [0.5, 0.6) is 0 Å². The number of halogens is 2. The van der Waals surface area contributed by atoms with Crippen LogP contribution >= 0.6 is 23.2 Å². The largest absolute Gasteiger partial charge is 0.461 e. The van der Waals surface area contributed by atoms with E-state index in [0.29, 0.717) is 28.9 Å². The van der Waals surface area contributed by atoms with E-state index < -0.39 is 0 Å². The van der Waals surface area contributed by atoms with Gasteiger partial charge in [-0.15, -0.1) is 0 Å². The number of rotatable bonds is 4. The summed E-state index contributed by atoms with van der Waals surface area (Å²) in [6, 6.07) is 13.5. The smallest absolute Gasteiger partial charge is 0.354 e. The maximum absolute atomic E-state index is 12.3. The maximum atomic E-state index is 12.3. The van der Waals surface area contributed by atoms with Crippen LogP contribution in [0, 0.1) is 6.92 Å². The lowest BCUT2D eigenvalue weighted by Crippen LogP contribution is -2.12. The average molecular weight is 362 g/mol. The number of carbonyl (C=O) groups is 1. The summed E-state index contributed by atoms with van der Waals surface area (Å²) in [5.41, 5.74) is 3.62. The molecule has 0 spiro atoms. The van der Waals surface area contributed by atoms with E-state index in [1.165, 1.54) is 0 Å². The Kier molecular flexibility index (Phi) is 4.83. The molecule has 3 nitrogen and oxygen atoms in total. The van der Waals surface area contributed by atoms with Gasteiger partial charge >= 0.3 is 5.97 Å². The van der Waals surface area contributed by atoms with Crippen molar-refractivity contribution >= 4 is 40.1 Å². The number of nitrogens with zero attached hydrogens (tertiary/aromatic N) is 1. The number of esters is 1. The number of hydrogen-bond donors (Lipinski definition) is 0. The zero-order valence-corrected chi connectivity index (χ0v) is 15.0. The van der Waals surface area contributed by atoms with Crippen molar-refractivity contribution in [3.8, 4) is 0 Å². The van der Waals surface area contributed by atoms with Crippen LogP contribution in [-0.4, -0.2) is 17.1 Å². The van der Waals surface area contributed by atoms with Gasteiger partial charge < -0.3 is 9.30 Å². The molecular weight excluding hydrogens is 345 g/mol. The lowest BCUT2D eigenvalue weighted by atomic mass is 10.2. The van der Waals surface area contributed by atoms with Crippen LogP contribution < -0.4 is 0 Å². The van der Waals surface area contributed by atoms with E-state index in [-0.39, 0.29) is 5.97 Å². The lowest BCUT2D eigenvalue weighted by Gasteiger charge is -2.11. The summed E-state index contributed by atoms with van der Waals surface area (Å²) in [4.78, 5) is 12.3. The molecule has 5 heteroatoms. The second kappa shape index (κ2) is 6.88. The van der Waals surface area contributed by atoms with Gasteiger partial charge in [-0.05, 0) is 49.7 Å². The fourth-order valence-electron chi connectivity index (χ4n) is 2.76. The second-order valence-corrected chi connectivity index (χ2v) is 6.46. The summed E-state index contributed by atoms with van der Waals surface area (Å²) in [6.07, 6.45) is 0. The number of carbonyl (C=O) groups excluding carboxylic acids is 1. The van der Waals surface area contributed by atoms with Gasteiger partial charge in [-0.2, -0.15) is 0 Å². The number of hydrogen-bond acceptors (Lipinski definition) is 2. The first-order valence-electron chi connectivity index (χ1n) is 7.70. The molecule has 0 aliphatic heterocycles. The van der Waals surface area contributed by atoms with Crippen molar-refractivity contribution in [1.82, 2.24) is 4.57 Å². The van der Waals surface area contributed by atoms with E-state index in [1.54, 1.807) is 13.0 Å². The zero-order valence-electron chi connectivity index (χ0n) is 13.5. The Morgan fingerprint density at radius 3 is 2.58 bits per heavy atom. The van der Waals surface area contributed by atoms with E-state index in [2.05, 4.69) is 6.07 Å². The van der Waals surface area contributed by atoms with Crippen molar-refractivity contribution in [2.45, 2.75) is 20.4 Å². The second-order valence-electron chi connectivity index (χ2n) is 5.65. The molecule has 0 aliphatic rings. The molecule has 0 unspecified atom stereocenters. The van der Waals surface area contributed by atoms with Crippen LogP contribution in [0.15, 0.2) is 42.5 Å². The van der Waals surface area contributed by atoms with Crippen LogP contribution in [-0.2, 0) is 11.3 Å². The molecule has 24 heavy (non-hydrogen) atoms. The van der Waals surface area contributed by atoms with Gasteiger partial charge in [0.15, 0.2) is 0 Å². The number of ether oxygens (including phenoxy) is 1. The number of aryl methyl sites for hydroxylation is 1. The maximum Gasteiger partial charge on any atom is 0.354 e. The molecule has 0 radical (unpaired) electrons. The molecule has 0 N–H and O–H groups in total. The fraction of sp³-hybridized carbons (Fsp3) is 0.211. The summed E-state index contributed by atoms with van der Waals surface area (Å²) < 4.78 is 7.15. The summed E-state index contributed by atoms with van der Waals surface area (Å²) in [5.74, 6) is -0.327. The van der Waals surface area contributed by atoms with Gasteiger partial charge in [-0.25, -0.2) is 4.79 Å². The molecule has 0 saturated carbocycles. The third-order valence-corrected chi connectivity index (χ3v) is 4.61. The topological polar surface area (TPSA) is 31.2 Å².